The summed E-state index contributed by atoms with van der Waals surface area (Å²) in [5, 5.41) is 16.5. The van der Waals surface area contributed by atoms with Crippen LogP contribution in [0.15, 0.2) is 16.6 Å². The molecule has 0 aromatic rings. The molecule has 24 heavy (non-hydrogen) atoms. The van der Waals surface area contributed by atoms with Gasteiger partial charge in [0.25, 0.3) is 0 Å². The van der Waals surface area contributed by atoms with Gasteiger partial charge in [0, 0.05) is 19.7 Å². The molecule has 0 amide bonds. The van der Waals surface area contributed by atoms with Crippen molar-refractivity contribution in [2.24, 2.45) is 10.9 Å². The van der Waals surface area contributed by atoms with Crippen molar-refractivity contribution in [2.45, 2.75) is 59.0 Å². The van der Waals surface area contributed by atoms with E-state index in [4.69, 9.17) is 4.74 Å². The van der Waals surface area contributed by atoms with Crippen molar-refractivity contribution < 1.29 is 9.84 Å². The highest BCUT2D eigenvalue weighted by atomic mass is 127. The Labute approximate surface area is 164 Å². The van der Waals surface area contributed by atoms with Crippen molar-refractivity contribution in [2.75, 3.05) is 32.8 Å². The van der Waals surface area contributed by atoms with Crippen LogP contribution in [0.1, 0.15) is 52.9 Å². The van der Waals surface area contributed by atoms with Gasteiger partial charge in [0.05, 0.1) is 19.3 Å². The lowest BCUT2D eigenvalue weighted by Gasteiger charge is -2.16. The number of hydrogen-bond donors (Lipinski definition) is 3. The molecule has 0 saturated carbocycles. The smallest absolute Gasteiger partial charge is 0.191 e. The molecule has 0 fully saturated rings. The van der Waals surface area contributed by atoms with Crippen molar-refractivity contribution in [1.29, 1.82) is 0 Å². The van der Waals surface area contributed by atoms with Gasteiger partial charge in [-0.2, -0.15) is 0 Å². The SMILES string of the molecule is CCNC(=NCC(O)COCC(C)C)NCCC1=CCCCC1.I. The van der Waals surface area contributed by atoms with Crippen LogP contribution in [0, 0.1) is 5.92 Å². The Hall–Kier alpha value is -0.340. The van der Waals surface area contributed by atoms with Crippen LogP contribution in [0.4, 0.5) is 0 Å². The molecule has 5 nitrogen and oxygen atoms in total. The van der Waals surface area contributed by atoms with E-state index in [-0.39, 0.29) is 24.0 Å². The van der Waals surface area contributed by atoms with E-state index in [1.807, 2.05) is 6.92 Å². The second-order valence-electron chi connectivity index (χ2n) is 6.59. The number of ether oxygens (including phenoxy) is 1. The Bertz CT molecular complexity index is 373. The lowest BCUT2D eigenvalue weighted by atomic mass is 9.97. The van der Waals surface area contributed by atoms with Gasteiger partial charge in [0.2, 0.25) is 0 Å². The van der Waals surface area contributed by atoms with E-state index in [9.17, 15) is 5.11 Å². The van der Waals surface area contributed by atoms with Crippen LogP contribution >= 0.6 is 24.0 Å². The van der Waals surface area contributed by atoms with Gasteiger partial charge in [-0.25, -0.2) is 0 Å². The van der Waals surface area contributed by atoms with Crippen LogP contribution in [0.2, 0.25) is 0 Å². The van der Waals surface area contributed by atoms with Gasteiger partial charge in [0.15, 0.2) is 5.96 Å². The summed E-state index contributed by atoms with van der Waals surface area (Å²) < 4.78 is 5.44. The van der Waals surface area contributed by atoms with Gasteiger partial charge in [0.1, 0.15) is 0 Å². The van der Waals surface area contributed by atoms with E-state index in [0.717, 1.165) is 25.5 Å². The van der Waals surface area contributed by atoms with Crippen LogP contribution in [0.25, 0.3) is 0 Å². The van der Waals surface area contributed by atoms with Gasteiger partial charge >= 0.3 is 0 Å². The van der Waals surface area contributed by atoms with E-state index in [1.165, 1.54) is 25.7 Å². The minimum Gasteiger partial charge on any atom is -0.389 e. The van der Waals surface area contributed by atoms with E-state index in [2.05, 4.69) is 35.5 Å². The Balaban J connectivity index is 0.00000529. The normalized spacial score (nSPS) is 16.4. The topological polar surface area (TPSA) is 65.9 Å². The monoisotopic (exact) mass is 453 g/mol. The van der Waals surface area contributed by atoms with E-state index in [0.29, 0.717) is 25.7 Å². The number of hydrogen-bond acceptors (Lipinski definition) is 3. The first-order valence-electron chi connectivity index (χ1n) is 9.07. The fourth-order valence-corrected chi connectivity index (χ4v) is 2.50. The summed E-state index contributed by atoms with van der Waals surface area (Å²) in [7, 11) is 0. The van der Waals surface area contributed by atoms with Crippen molar-refractivity contribution in [3.8, 4) is 0 Å². The third-order valence-corrected chi connectivity index (χ3v) is 3.69. The van der Waals surface area contributed by atoms with Crippen molar-refractivity contribution in [3.05, 3.63) is 11.6 Å². The quantitative estimate of drug-likeness (QED) is 0.206. The molecule has 0 spiro atoms. The molecule has 1 aliphatic carbocycles. The van der Waals surface area contributed by atoms with Crippen LogP contribution in [-0.4, -0.2) is 50.0 Å². The summed E-state index contributed by atoms with van der Waals surface area (Å²) in [6, 6.07) is 0. The maximum absolute atomic E-state index is 9.91. The largest absolute Gasteiger partial charge is 0.389 e. The number of halogens is 1. The molecule has 6 heteroatoms. The lowest BCUT2D eigenvalue weighted by molar-refractivity contribution is 0.0301. The number of aliphatic hydroxyl groups excluding tert-OH is 1. The summed E-state index contributed by atoms with van der Waals surface area (Å²) in [5.74, 6) is 1.26. The third kappa shape index (κ3) is 12.1. The number of rotatable bonds is 10. The number of nitrogens with zero attached hydrogens (tertiary/aromatic N) is 1. The Morgan fingerprint density at radius 3 is 2.71 bits per heavy atom. The van der Waals surface area contributed by atoms with Crippen molar-refractivity contribution in [1.82, 2.24) is 10.6 Å². The zero-order valence-electron chi connectivity index (χ0n) is 15.5. The first-order valence-corrected chi connectivity index (χ1v) is 9.07. The number of allylic oxidation sites excluding steroid dienone is 1. The first-order chi connectivity index (χ1) is 11.1. The van der Waals surface area contributed by atoms with E-state index >= 15 is 0 Å². The molecule has 0 aromatic heterocycles. The van der Waals surface area contributed by atoms with E-state index in [1.54, 1.807) is 5.57 Å². The average Bonchev–Trinajstić information content (AvgIpc) is 2.53. The summed E-state index contributed by atoms with van der Waals surface area (Å²) in [5.41, 5.74) is 1.56. The molecule has 142 valence electrons. The second-order valence-corrected chi connectivity index (χ2v) is 6.59. The molecule has 0 heterocycles. The van der Waals surface area contributed by atoms with Gasteiger partial charge in [-0.15, -0.1) is 24.0 Å². The van der Waals surface area contributed by atoms with E-state index < -0.39 is 6.10 Å². The third-order valence-electron chi connectivity index (χ3n) is 3.69. The van der Waals surface area contributed by atoms with Gasteiger partial charge < -0.3 is 20.5 Å². The molecule has 1 unspecified atom stereocenters. The maximum Gasteiger partial charge on any atom is 0.191 e. The molecule has 0 bridgehead atoms. The van der Waals surface area contributed by atoms with Crippen LogP contribution in [-0.2, 0) is 4.74 Å². The fraction of sp³-hybridized carbons (Fsp3) is 0.833. The Morgan fingerprint density at radius 1 is 1.29 bits per heavy atom. The summed E-state index contributed by atoms with van der Waals surface area (Å²) in [6.07, 6.45) is 8.02. The van der Waals surface area contributed by atoms with Gasteiger partial charge in [-0.1, -0.05) is 25.5 Å². The standard InChI is InChI=1S/C18H35N3O2.HI/c1-4-19-18(20-11-10-16-8-6-5-7-9-16)21-12-17(22)14-23-13-15(2)3;/h8,15,17,22H,4-7,9-14H2,1-3H3,(H2,19,20,21);1H. The fourth-order valence-electron chi connectivity index (χ4n) is 2.50. The summed E-state index contributed by atoms with van der Waals surface area (Å²) in [4.78, 5) is 4.44. The second kappa shape index (κ2) is 15.0. The van der Waals surface area contributed by atoms with Crippen molar-refractivity contribution >= 4 is 29.9 Å². The maximum atomic E-state index is 9.91. The molecule has 0 aliphatic heterocycles. The average molecular weight is 453 g/mol. The molecular formula is C18H36IN3O2. The lowest BCUT2D eigenvalue weighted by Crippen LogP contribution is -2.38. The predicted octanol–water partition coefficient (Wildman–Crippen LogP) is 3.08. The van der Waals surface area contributed by atoms with Gasteiger partial charge in [-0.05, 0) is 44.9 Å². The zero-order chi connectivity index (χ0) is 16.9. The molecule has 3 N–H and O–H groups in total. The molecule has 1 rings (SSSR count). The first kappa shape index (κ1) is 23.7. The minimum atomic E-state index is -0.551. The molecule has 0 aromatic carbocycles. The highest BCUT2D eigenvalue weighted by Crippen LogP contribution is 2.19. The molecule has 0 saturated heterocycles. The highest BCUT2D eigenvalue weighted by Gasteiger charge is 2.07. The summed E-state index contributed by atoms with van der Waals surface area (Å²) in [6.45, 7) is 9.31. The highest BCUT2D eigenvalue weighted by molar-refractivity contribution is 14.0. The zero-order valence-corrected chi connectivity index (χ0v) is 17.8. The van der Waals surface area contributed by atoms with Crippen LogP contribution in [0.3, 0.4) is 0 Å². The molecule has 1 aliphatic rings. The number of aliphatic hydroxyl groups is 1. The minimum absolute atomic E-state index is 0. The Kier molecular flexibility index (Phi) is 14.7. The number of aliphatic imine (C=N–C) groups is 1. The Morgan fingerprint density at radius 2 is 2.08 bits per heavy atom. The van der Waals surface area contributed by atoms with Crippen LogP contribution < -0.4 is 10.6 Å². The number of nitrogens with one attached hydrogen (secondary N) is 2. The summed E-state index contributed by atoms with van der Waals surface area (Å²) >= 11 is 0. The molecule has 1 atom stereocenters. The number of guanidine groups is 1. The predicted molar refractivity (Wildman–Crippen MR) is 112 cm³/mol. The molecular weight excluding hydrogens is 417 g/mol. The van der Waals surface area contributed by atoms with Crippen molar-refractivity contribution in [3.63, 3.8) is 0 Å². The van der Waals surface area contributed by atoms with Crippen LogP contribution in [0.5, 0.6) is 0 Å². The molecule has 0 radical (unpaired) electrons. The van der Waals surface area contributed by atoms with Gasteiger partial charge in [-0.3, -0.25) is 4.99 Å².